The number of carbonyl (C=O) groups is 1. The summed E-state index contributed by atoms with van der Waals surface area (Å²) >= 11 is 0. The molecule has 1 heterocycles. The SMILES string of the molecule is CC(=O)OC1O[C@H](CO)[C@H](OS(=O)(=O)O)[C@H](O)[C@H]1N. The predicted octanol–water partition coefficient (Wildman–Crippen LogP) is -2.86. The molecule has 0 radical (unpaired) electrons. The molecule has 1 aliphatic rings. The first kappa shape index (κ1) is 16.2. The van der Waals surface area contributed by atoms with Crippen LogP contribution >= 0.6 is 0 Å². The van der Waals surface area contributed by atoms with Crippen molar-refractivity contribution in [3.8, 4) is 0 Å². The van der Waals surface area contributed by atoms with E-state index in [9.17, 15) is 18.3 Å². The van der Waals surface area contributed by atoms with Crippen LogP contribution in [0.1, 0.15) is 6.92 Å². The van der Waals surface area contributed by atoms with E-state index in [2.05, 4.69) is 8.92 Å². The van der Waals surface area contributed by atoms with Gasteiger partial charge < -0.3 is 25.4 Å². The van der Waals surface area contributed by atoms with E-state index in [4.69, 9.17) is 20.1 Å². The van der Waals surface area contributed by atoms with Crippen molar-refractivity contribution in [1.29, 1.82) is 0 Å². The predicted molar refractivity (Wildman–Crippen MR) is 57.9 cm³/mol. The summed E-state index contributed by atoms with van der Waals surface area (Å²) in [5.41, 5.74) is 5.51. The Balaban J connectivity index is 2.88. The first-order valence-corrected chi connectivity index (χ1v) is 6.55. The van der Waals surface area contributed by atoms with E-state index in [-0.39, 0.29) is 0 Å². The van der Waals surface area contributed by atoms with E-state index in [0.717, 1.165) is 6.92 Å². The zero-order valence-corrected chi connectivity index (χ0v) is 10.7. The van der Waals surface area contributed by atoms with Crippen LogP contribution < -0.4 is 5.73 Å². The van der Waals surface area contributed by atoms with Crippen molar-refractivity contribution in [2.24, 2.45) is 5.73 Å². The molecule has 0 aliphatic carbocycles. The third-order valence-electron chi connectivity index (χ3n) is 2.42. The molecule has 0 spiro atoms. The minimum atomic E-state index is -4.88. The molecule has 5 N–H and O–H groups in total. The van der Waals surface area contributed by atoms with E-state index >= 15 is 0 Å². The van der Waals surface area contributed by atoms with Crippen molar-refractivity contribution in [2.45, 2.75) is 37.6 Å². The van der Waals surface area contributed by atoms with Crippen LogP contribution in [-0.4, -0.2) is 66.4 Å². The lowest BCUT2D eigenvalue weighted by atomic mass is 9.98. The topological polar surface area (TPSA) is 166 Å². The fraction of sp³-hybridized carbons (Fsp3) is 0.875. The molecule has 0 bridgehead atoms. The van der Waals surface area contributed by atoms with E-state index in [1.54, 1.807) is 0 Å². The molecule has 1 aliphatic heterocycles. The lowest BCUT2D eigenvalue weighted by molar-refractivity contribution is -0.254. The summed E-state index contributed by atoms with van der Waals surface area (Å²) in [6.07, 6.45) is -5.98. The van der Waals surface area contributed by atoms with E-state index in [1.807, 2.05) is 0 Å². The summed E-state index contributed by atoms with van der Waals surface area (Å²) < 4.78 is 43.7. The molecule has 0 aromatic heterocycles. The van der Waals surface area contributed by atoms with Crippen LogP contribution in [0.25, 0.3) is 0 Å². The van der Waals surface area contributed by atoms with Gasteiger partial charge in [0, 0.05) is 6.92 Å². The molecule has 0 amide bonds. The highest BCUT2D eigenvalue weighted by Crippen LogP contribution is 2.24. The standard InChI is InChI=1S/C8H15NO9S/c1-3(11)16-8-5(9)6(12)7(4(2-10)17-8)18-19(13,14)15/h4-8,10,12H,2,9H2,1H3,(H,13,14,15)/t4-,5-,6-,7+,8?/m1/s1. The highest BCUT2D eigenvalue weighted by atomic mass is 32.3. The Morgan fingerprint density at radius 3 is 2.47 bits per heavy atom. The minimum absolute atomic E-state index is 0.738. The van der Waals surface area contributed by atoms with E-state index in [0.29, 0.717) is 0 Å². The van der Waals surface area contributed by atoms with Crippen molar-refractivity contribution in [3.63, 3.8) is 0 Å². The largest absolute Gasteiger partial charge is 0.434 e. The molecular weight excluding hydrogens is 286 g/mol. The average molecular weight is 301 g/mol. The molecule has 0 aromatic carbocycles. The summed E-state index contributed by atoms with van der Waals surface area (Å²) in [7, 11) is -4.88. The van der Waals surface area contributed by atoms with Crippen molar-refractivity contribution in [3.05, 3.63) is 0 Å². The number of rotatable bonds is 4. The molecule has 0 aromatic rings. The van der Waals surface area contributed by atoms with Gasteiger partial charge in [0.25, 0.3) is 0 Å². The molecule has 0 saturated carbocycles. The molecule has 5 atom stereocenters. The monoisotopic (exact) mass is 301 g/mol. The Labute approximate surface area is 109 Å². The number of hydrogen-bond acceptors (Lipinski definition) is 9. The van der Waals surface area contributed by atoms with Crippen molar-refractivity contribution >= 4 is 16.4 Å². The summed E-state index contributed by atoms with van der Waals surface area (Å²) in [6.45, 7) is 0.332. The number of esters is 1. The van der Waals surface area contributed by atoms with Crippen LogP contribution in [0.3, 0.4) is 0 Å². The molecule has 1 saturated heterocycles. The average Bonchev–Trinajstić information content (AvgIpc) is 2.26. The summed E-state index contributed by atoms with van der Waals surface area (Å²) in [6, 6.07) is -1.31. The maximum Gasteiger partial charge on any atom is 0.397 e. The van der Waals surface area contributed by atoms with Crippen LogP contribution in [0, 0.1) is 0 Å². The summed E-state index contributed by atoms with van der Waals surface area (Å²) in [5, 5.41) is 18.8. The molecular formula is C8H15NO9S. The molecule has 10 nitrogen and oxygen atoms in total. The normalized spacial score (nSPS) is 35.9. The number of carbonyl (C=O) groups excluding carboxylic acids is 1. The Hall–Kier alpha value is -0.820. The molecule has 11 heteroatoms. The lowest BCUT2D eigenvalue weighted by Gasteiger charge is -2.40. The Bertz CT molecular complexity index is 422. The second kappa shape index (κ2) is 6.09. The van der Waals surface area contributed by atoms with E-state index < -0.39 is 53.6 Å². The van der Waals surface area contributed by atoms with Gasteiger partial charge in [0.05, 0.1) is 12.6 Å². The highest BCUT2D eigenvalue weighted by Gasteiger charge is 2.47. The van der Waals surface area contributed by atoms with Crippen molar-refractivity contribution < 1.29 is 41.6 Å². The van der Waals surface area contributed by atoms with Crippen molar-refractivity contribution in [1.82, 2.24) is 0 Å². The minimum Gasteiger partial charge on any atom is -0.434 e. The lowest BCUT2D eigenvalue weighted by Crippen LogP contribution is -2.63. The smallest absolute Gasteiger partial charge is 0.397 e. The van der Waals surface area contributed by atoms with Crippen LogP contribution in [0.15, 0.2) is 0 Å². The van der Waals surface area contributed by atoms with Gasteiger partial charge in [-0.3, -0.25) is 9.35 Å². The summed E-state index contributed by atoms with van der Waals surface area (Å²) in [4.78, 5) is 10.8. The maximum absolute atomic E-state index is 10.8. The van der Waals surface area contributed by atoms with Gasteiger partial charge in [-0.25, -0.2) is 4.18 Å². The van der Waals surface area contributed by atoms with Crippen molar-refractivity contribution in [2.75, 3.05) is 6.61 Å². The summed E-state index contributed by atoms with van der Waals surface area (Å²) in [5.74, 6) is -0.738. The van der Waals surface area contributed by atoms with Gasteiger partial charge in [-0.15, -0.1) is 0 Å². The first-order chi connectivity index (χ1) is 8.65. The third kappa shape index (κ3) is 4.35. The van der Waals surface area contributed by atoms with Gasteiger partial charge in [0.2, 0.25) is 6.29 Å². The van der Waals surface area contributed by atoms with Gasteiger partial charge >= 0.3 is 16.4 Å². The third-order valence-corrected chi connectivity index (χ3v) is 2.88. The maximum atomic E-state index is 10.8. The molecule has 1 fully saturated rings. The van der Waals surface area contributed by atoms with Crippen LogP contribution in [-0.2, 0) is 28.9 Å². The number of aliphatic hydroxyl groups is 2. The van der Waals surface area contributed by atoms with Gasteiger partial charge in [0.15, 0.2) is 0 Å². The second-order valence-electron chi connectivity index (χ2n) is 3.89. The fourth-order valence-electron chi connectivity index (χ4n) is 1.62. The zero-order chi connectivity index (χ0) is 14.8. The first-order valence-electron chi connectivity index (χ1n) is 5.18. The Kier molecular flexibility index (Phi) is 5.20. The zero-order valence-electron chi connectivity index (χ0n) is 9.87. The Morgan fingerprint density at radius 2 is 2.05 bits per heavy atom. The highest BCUT2D eigenvalue weighted by molar-refractivity contribution is 7.80. The quantitative estimate of drug-likeness (QED) is 0.313. The van der Waals surface area contributed by atoms with Gasteiger partial charge in [-0.2, -0.15) is 8.42 Å². The van der Waals surface area contributed by atoms with Crippen LogP contribution in [0.2, 0.25) is 0 Å². The number of aliphatic hydroxyl groups excluding tert-OH is 2. The molecule has 112 valence electrons. The van der Waals surface area contributed by atoms with Gasteiger partial charge in [-0.1, -0.05) is 0 Å². The Morgan fingerprint density at radius 1 is 1.47 bits per heavy atom. The second-order valence-corrected chi connectivity index (χ2v) is 4.94. The molecule has 1 unspecified atom stereocenters. The van der Waals surface area contributed by atoms with E-state index in [1.165, 1.54) is 0 Å². The number of nitrogens with two attached hydrogens (primary N) is 1. The fourth-order valence-corrected chi connectivity index (χ4v) is 2.14. The van der Waals surface area contributed by atoms with Crippen LogP contribution in [0.5, 0.6) is 0 Å². The van der Waals surface area contributed by atoms with Crippen LogP contribution in [0.4, 0.5) is 0 Å². The molecule has 1 rings (SSSR count). The van der Waals surface area contributed by atoms with Gasteiger partial charge in [-0.05, 0) is 0 Å². The van der Waals surface area contributed by atoms with Gasteiger partial charge in [0.1, 0.15) is 18.3 Å². The number of hydrogen-bond donors (Lipinski definition) is 4. The molecule has 19 heavy (non-hydrogen) atoms. The number of ether oxygens (including phenoxy) is 2.